The van der Waals surface area contributed by atoms with Gasteiger partial charge in [-0.25, -0.2) is 0 Å². The standard InChI is InChI=1S/C9H8N/c1-2-4-9-7-10-6-5-8(9)3-1/h1-4H,5-6H2. The van der Waals surface area contributed by atoms with Gasteiger partial charge in [-0.1, -0.05) is 24.3 Å². The van der Waals surface area contributed by atoms with E-state index in [1.165, 1.54) is 5.56 Å². The molecule has 1 heteroatoms. The zero-order valence-corrected chi connectivity index (χ0v) is 5.67. The molecule has 10 heavy (non-hydrogen) atoms. The molecule has 2 rings (SSSR count). The van der Waals surface area contributed by atoms with Gasteiger partial charge in [0.15, 0.2) is 0 Å². The highest BCUT2D eigenvalue weighted by Gasteiger charge is 2.02. The van der Waals surface area contributed by atoms with Gasteiger partial charge in [0.2, 0.25) is 0 Å². The number of fused-ring (bicyclic) bond motifs is 1. The van der Waals surface area contributed by atoms with E-state index in [0.29, 0.717) is 0 Å². The molecular formula is C9H8N. The first-order valence-corrected chi connectivity index (χ1v) is 3.47. The van der Waals surface area contributed by atoms with Crippen LogP contribution in [0.25, 0.3) is 0 Å². The Balaban J connectivity index is 2.54. The van der Waals surface area contributed by atoms with Crippen LogP contribution in [0.1, 0.15) is 11.1 Å². The van der Waals surface area contributed by atoms with E-state index in [1.807, 2.05) is 6.07 Å². The van der Waals surface area contributed by atoms with Gasteiger partial charge < -0.3 is 0 Å². The molecule has 1 radical (unpaired) electrons. The fourth-order valence-corrected chi connectivity index (χ4v) is 1.16. The third-order valence-corrected chi connectivity index (χ3v) is 1.71. The topological polar surface area (TPSA) is 12.4 Å². The summed E-state index contributed by atoms with van der Waals surface area (Å²) in [6.45, 7) is 0.900. The van der Waals surface area contributed by atoms with Crippen molar-refractivity contribution in [3.8, 4) is 0 Å². The summed E-state index contributed by atoms with van der Waals surface area (Å²) in [5.74, 6) is 0. The number of hydrogen-bond donors (Lipinski definition) is 0. The molecule has 1 aromatic rings. The van der Waals surface area contributed by atoms with Gasteiger partial charge in [0.1, 0.15) is 0 Å². The quantitative estimate of drug-likeness (QED) is 0.505. The van der Waals surface area contributed by atoms with Crippen molar-refractivity contribution in [2.45, 2.75) is 6.42 Å². The Morgan fingerprint density at radius 1 is 1.30 bits per heavy atom. The van der Waals surface area contributed by atoms with Crippen LogP contribution in [-0.2, 0) is 6.42 Å². The van der Waals surface area contributed by atoms with Gasteiger partial charge in [0, 0.05) is 12.1 Å². The Bertz CT molecular complexity index is 263. The normalized spacial score (nSPS) is 14.8. The molecule has 0 aliphatic carbocycles. The third-order valence-electron chi connectivity index (χ3n) is 1.71. The lowest BCUT2D eigenvalue weighted by molar-refractivity contribution is 0.952. The molecule has 0 atom stereocenters. The van der Waals surface area contributed by atoms with E-state index in [9.17, 15) is 0 Å². The van der Waals surface area contributed by atoms with Crippen molar-refractivity contribution in [2.24, 2.45) is 4.99 Å². The first-order chi connectivity index (χ1) is 4.97. The smallest absolute Gasteiger partial charge is 0.0907 e. The summed E-state index contributed by atoms with van der Waals surface area (Å²) in [7, 11) is 0. The van der Waals surface area contributed by atoms with Gasteiger partial charge in [-0.15, -0.1) is 0 Å². The zero-order chi connectivity index (χ0) is 6.81. The number of nitrogens with zero attached hydrogens (tertiary/aromatic N) is 1. The van der Waals surface area contributed by atoms with Crippen LogP contribution in [0.3, 0.4) is 0 Å². The Labute approximate surface area is 60.4 Å². The number of hydrogen-bond acceptors (Lipinski definition) is 1. The average molecular weight is 130 g/mol. The Hall–Kier alpha value is -1.11. The maximum Gasteiger partial charge on any atom is 0.0907 e. The first-order valence-electron chi connectivity index (χ1n) is 3.47. The molecule has 1 aliphatic heterocycles. The van der Waals surface area contributed by atoms with Crippen molar-refractivity contribution >= 4 is 6.21 Å². The van der Waals surface area contributed by atoms with Crippen LogP contribution in [0.4, 0.5) is 0 Å². The van der Waals surface area contributed by atoms with Gasteiger partial charge >= 0.3 is 0 Å². The molecule has 0 aromatic heterocycles. The maximum absolute atomic E-state index is 4.07. The summed E-state index contributed by atoms with van der Waals surface area (Å²) in [6.07, 6.45) is 4.06. The first kappa shape index (κ1) is 5.66. The van der Waals surface area contributed by atoms with Crippen molar-refractivity contribution in [1.82, 2.24) is 0 Å². The van der Waals surface area contributed by atoms with Gasteiger partial charge in [-0.2, -0.15) is 0 Å². The van der Waals surface area contributed by atoms with E-state index in [4.69, 9.17) is 0 Å². The lowest BCUT2D eigenvalue weighted by Gasteiger charge is -2.06. The highest BCUT2D eigenvalue weighted by atomic mass is 14.7. The minimum absolute atomic E-state index is 0.900. The summed E-state index contributed by atoms with van der Waals surface area (Å²) in [5, 5.41) is 0. The van der Waals surface area contributed by atoms with Crippen molar-refractivity contribution < 1.29 is 0 Å². The van der Waals surface area contributed by atoms with Crippen LogP contribution in [0.5, 0.6) is 0 Å². The monoisotopic (exact) mass is 130 g/mol. The Morgan fingerprint density at radius 2 is 2.20 bits per heavy atom. The summed E-state index contributed by atoms with van der Waals surface area (Å²) >= 11 is 0. The van der Waals surface area contributed by atoms with Crippen molar-refractivity contribution in [3.63, 3.8) is 0 Å². The largest absolute Gasteiger partial charge is 0.282 e. The molecule has 0 bridgehead atoms. The van der Waals surface area contributed by atoms with Gasteiger partial charge in [0.05, 0.1) is 6.21 Å². The average Bonchev–Trinajstić information content (AvgIpc) is 2.05. The van der Waals surface area contributed by atoms with Crippen LogP contribution in [-0.4, -0.2) is 12.8 Å². The zero-order valence-electron chi connectivity index (χ0n) is 5.67. The predicted molar refractivity (Wildman–Crippen MR) is 41.6 cm³/mol. The molecule has 1 heterocycles. The van der Waals surface area contributed by atoms with Crippen LogP contribution in [0, 0.1) is 0 Å². The van der Waals surface area contributed by atoms with Crippen LogP contribution in [0.2, 0.25) is 0 Å². The molecule has 0 saturated heterocycles. The fourth-order valence-electron chi connectivity index (χ4n) is 1.16. The maximum atomic E-state index is 4.07. The second-order valence-corrected chi connectivity index (χ2v) is 2.40. The lowest BCUT2D eigenvalue weighted by atomic mass is 10.0. The SMILES string of the molecule is [C]1=NCCc2ccccc21. The van der Waals surface area contributed by atoms with Crippen molar-refractivity contribution in [2.75, 3.05) is 6.54 Å². The van der Waals surface area contributed by atoms with E-state index < -0.39 is 0 Å². The van der Waals surface area contributed by atoms with E-state index in [-0.39, 0.29) is 0 Å². The van der Waals surface area contributed by atoms with Crippen LogP contribution >= 0.6 is 0 Å². The number of benzene rings is 1. The molecule has 1 nitrogen and oxygen atoms in total. The van der Waals surface area contributed by atoms with Gasteiger partial charge in [-0.05, 0) is 12.0 Å². The number of rotatable bonds is 0. The molecule has 0 N–H and O–H groups in total. The molecule has 1 aliphatic rings. The summed E-state index contributed by atoms with van der Waals surface area (Å²) in [6, 6.07) is 8.27. The van der Waals surface area contributed by atoms with Crippen molar-refractivity contribution in [3.05, 3.63) is 35.4 Å². The van der Waals surface area contributed by atoms with Crippen molar-refractivity contribution in [1.29, 1.82) is 0 Å². The number of aliphatic imine (C=N–C) groups is 1. The molecule has 0 spiro atoms. The van der Waals surface area contributed by atoms with E-state index in [2.05, 4.69) is 29.4 Å². The molecule has 1 aromatic carbocycles. The van der Waals surface area contributed by atoms with Gasteiger partial charge in [-0.3, -0.25) is 4.99 Å². The molecule has 0 amide bonds. The third kappa shape index (κ3) is 0.838. The Morgan fingerprint density at radius 3 is 3.10 bits per heavy atom. The fraction of sp³-hybridized carbons (Fsp3) is 0.222. The molecule has 0 saturated carbocycles. The molecule has 0 fully saturated rings. The second kappa shape index (κ2) is 2.25. The molecule has 49 valence electrons. The van der Waals surface area contributed by atoms with E-state index >= 15 is 0 Å². The minimum atomic E-state index is 0.900. The van der Waals surface area contributed by atoms with Crippen LogP contribution < -0.4 is 0 Å². The highest BCUT2D eigenvalue weighted by Crippen LogP contribution is 2.10. The minimum Gasteiger partial charge on any atom is -0.282 e. The molecule has 0 unspecified atom stereocenters. The highest BCUT2D eigenvalue weighted by molar-refractivity contribution is 5.82. The summed E-state index contributed by atoms with van der Waals surface area (Å²) < 4.78 is 0. The summed E-state index contributed by atoms with van der Waals surface area (Å²) in [5.41, 5.74) is 2.53. The summed E-state index contributed by atoms with van der Waals surface area (Å²) in [4.78, 5) is 4.07. The predicted octanol–water partition coefficient (Wildman–Crippen LogP) is 1.54. The molecular weight excluding hydrogens is 122 g/mol. The Kier molecular flexibility index (Phi) is 1.28. The second-order valence-electron chi connectivity index (χ2n) is 2.40. The lowest BCUT2D eigenvalue weighted by Crippen LogP contribution is -2.01. The van der Waals surface area contributed by atoms with Crippen LogP contribution in [0.15, 0.2) is 29.3 Å². The van der Waals surface area contributed by atoms with E-state index in [1.54, 1.807) is 0 Å². The van der Waals surface area contributed by atoms with E-state index in [0.717, 1.165) is 18.5 Å². The van der Waals surface area contributed by atoms with Gasteiger partial charge in [0.25, 0.3) is 0 Å².